The molecule has 5 aromatic carbocycles. The van der Waals surface area contributed by atoms with Crippen LogP contribution in [0.25, 0.3) is 11.1 Å². The molecule has 5 amide bonds. The van der Waals surface area contributed by atoms with Crippen LogP contribution in [0.15, 0.2) is 140 Å². The summed E-state index contributed by atoms with van der Waals surface area (Å²) in [6.45, 7) is 10.9. The number of nitrogens with two attached hydrogens (primary N) is 1. The first-order chi connectivity index (χ1) is 30.3. The minimum atomic E-state index is -2.95. The number of alkyl carbamates (subject to hydrolysis) is 1. The van der Waals surface area contributed by atoms with Gasteiger partial charge in [0.25, 0.3) is 8.32 Å². The van der Waals surface area contributed by atoms with Crippen molar-refractivity contribution < 1.29 is 33.1 Å². The van der Waals surface area contributed by atoms with Crippen molar-refractivity contribution in [1.82, 2.24) is 15.5 Å². The molecule has 0 spiro atoms. The second-order valence-corrected chi connectivity index (χ2v) is 20.9. The van der Waals surface area contributed by atoms with E-state index in [2.05, 4.69) is 79.7 Å². The molecule has 0 heterocycles. The van der Waals surface area contributed by atoms with Crippen molar-refractivity contribution in [2.24, 2.45) is 5.73 Å². The Balaban J connectivity index is 1.24. The number of ether oxygens (including phenoxy) is 2. The van der Waals surface area contributed by atoms with Gasteiger partial charge in [0, 0.05) is 31.7 Å². The lowest BCUT2D eigenvalue weighted by Crippen LogP contribution is -2.66. The van der Waals surface area contributed by atoms with Crippen molar-refractivity contribution in [3.63, 3.8) is 0 Å². The highest BCUT2D eigenvalue weighted by Gasteiger charge is 2.50. The number of urea groups is 1. The van der Waals surface area contributed by atoms with E-state index in [1.165, 1.54) is 11.0 Å². The van der Waals surface area contributed by atoms with Crippen LogP contribution < -0.4 is 32.1 Å². The van der Waals surface area contributed by atoms with Crippen molar-refractivity contribution in [2.75, 3.05) is 32.1 Å². The number of carbonyl (C=O) groups excluding carboxylic acids is 4. The molecule has 5 aromatic rings. The third-order valence-electron chi connectivity index (χ3n) is 11.3. The number of primary amides is 1. The molecule has 0 bridgehead atoms. The largest absolute Gasteiger partial charge is 0.449 e. The fourth-order valence-corrected chi connectivity index (χ4v) is 12.8. The maximum atomic E-state index is 14.1. The molecule has 6 rings (SSSR count). The van der Waals surface area contributed by atoms with Crippen LogP contribution in [-0.4, -0.2) is 70.2 Å². The summed E-state index contributed by atoms with van der Waals surface area (Å²) in [5.74, 6) is -0.663. The number of nitrogens with one attached hydrogen (secondary N) is 3. The maximum absolute atomic E-state index is 14.1. The van der Waals surface area contributed by atoms with Gasteiger partial charge in [-0.2, -0.15) is 0 Å². The molecule has 12 nitrogen and oxygen atoms in total. The van der Waals surface area contributed by atoms with E-state index in [-0.39, 0.29) is 50.3 Å². The van der Waals surface area contributed by atoms with Crippen LogP contribution in [-0.2, 0) is 31.8 Å². The van der Waals surface area contributed by atoms with Crippen LogP contribution in [0.1, 0.15) is 61.8 Å². The number of hydrogen-bond acceptors (Lipinski definition) is 7. The van der Waals surface area contributed by atoms with Crippen molar-refractivity contribution in [3.05, 3.63) is 162 Å². The highest BCUT2D eigenvalue weighted by atomic mass is 28.4. The third-order valence-corrected chi connectivity index (χ3v) is 16.3. The lowest BCUT2D eigenvalue weighted by Gasteiger charge is -2.43. The van der Waals surface area contributed by atoms with E-state index < -0.39 is 38.5 Å². The van der Waals surface area contributed by atoms with E-state index in [9.17, 15) is 19.2 Å². The van der Waals surface area contributed by atoms with Crippen molar-refractivity contribution in [2.45, 2.75) is 63.8 Å². The summed E-state index contributed by atoms with van der Waals surface area (Å²) < 4.78 is 18.4. The molecule has 1 aliphatic carbocycles. The number of benzene rings is 5. The van der Waals surface area contributed by atoms with Crippen molar-refractivity contribution in [3.8, 4) is 11.1 Å². The van der Waals surface area contributed by atoms with Gasteiger partial charge in [-0.25, -0.2) is 14.4 Å². The fourth-order valence-electron chi connectivity index (χ4n) is 8.30. The smallest absolute Gasteiger partial charge is 0.410 e. The Morgan fingerprint density at radius 1 is 0.810 bits per heavy atom. The molecule has 0 saturated heterocycles. The van der Waals surface area contributed by atoms with Gasteiger partial charge in [-0.1, -0.05) is 149 Å². The Kier molecular flexibility index (Phi) is 15.2. The molecule has 0 aliphatic heterocycles. The average molecular weight is 868 g/mol. The van der Waals surface area contributed by atoms with Gasteiger partial charge in [0.1, 0.15) is 19.3 Å². The molecule has 1 aliphatic rings. The van der Waals surface area contributed by atoms with E-state index in [1.54, 1.807) is 19.2 Å². The Hall–Kier alpha value is -6.70. The second-order valence-electron chi connectivity index (χ2n) is 16.6. The lowest BCUT2D eigenvalue weighted by atomic mass is 9.98. The van der Waals surface area contributed by atoms with Crippen LogP contribution in [0.3, 0.4) is 0 Å². The van der Waals surface area contributed by atoms with E-state index in [0.717, 1.165) is 43.8 Å². The van der Waals surface area contributed by atoms with Crippen LogP contribution in [0.5, 0.6) is 0 Å². The summed E-state index contributed by atoms with van der Waals surface area (Å²) in [7, 11) is -1.31. The van der Waals surface area contributed by atoms with Gasteiger partial charge in [-0.05, 0) is 73.8 Å². The van der Waals surface area contributed by atoms with Gasteiger partial charge < -0.3 is 40.5 Å². The van der Waals surface area contributed by atoms with E-state index in [0.29, 0.717) is 12.1 Å². The summed E-state index contributed by atoms with van der Waals surface area (Å²) in [5, 5.41) is 10.2. The molecular formula is C50H57N5O7Si. The number of anilines is 1. The molecule has 0 saturated carbocycles. The number of hydrogen-bond donors (Lipinski definition) is 4. The highest BCUT2D eigenvalue weighted by Crippen LogP contribution is 2.44. The first kappa shape index (κ1) is 45.8. The van der Waals surface area contributed by atoms with Gasteiger partial charge in [0.15, 0.2) is 0 Å². The van der Waals surface area contributed by atoms with Gasteiger partial charge in [-0.15, -0.1) is 0 Å². The van der Waals surface area contributed by atoms with E-state index in [1.807, 2.05) is 78.9 Å². The molecule has 0 unspecified atom stereocenters. The van der Waals surface area contributed by atoms with Gasteiger partial charge in [0.05, 0.1) is 6.61 Å². The number of fused-ring (bicyclic) bond motifs is 3. The predicted molar refractivity (Wildman–Crippen MR) is 249 cm³/mol. The molecular weight excluding hydrogens is 811 g/mol. The fraction of sp³-hybridized carbons (Fsp3) is 0.280. The van der Waals surface area contributed by atoms with Crippen LogP contribution in [0.4, 0.5) is 20.1 Å². The summed E-state index contributed by atoms with van der Waals surface area (Å²) in [6, 6.07) is 40.5. The molecule has 0 fully saturated rings. The number of carbonyl (C=O) groups is 4. The Labute approximate surface area is 371 Å². The topological polar surface area (TPSA) is 161 Å². The Bertz CT molecular complexity index is 2300. The standard InChI is InChI=1S/C50H57N5O7Si/c1-6-30-60-49(59)55(5)32-36-31-37(28-27-35(36)33-62-63(50(2,3)4,38-18-9-7-10-19-38)39-20-11-8-12-21-39)53-46(56)45(26-17-29-52-47(51)57)54-48(58)61-34-44-42-24-15-13-22-40(42)41-23-14-16-25-43(41)44/h6-16,18-25,27-28,31,44-45H,1,17,26,29-30,32-34H2,2-5H3,(H,53,56)(H,54,58)(H3,51,52,57)/t45-/m0/s1. The molecule has 5 N–H and O–H groups in total. The molecule has 13 heteroatoms. The average Bonchev–Trinajstić information content (AvgIpc) is 3.60. The maximum Gasteiger partial charge on any atom is 0.410 e. The number of rotatable bonds is 18. The molecule has 0 aromatic heterocycles. The predicted octanol–water partition coefficient (Wildman–Crippen LogP) is 7.81. The SMILES string of the molecule is C=CCOC(=O)N(C)Cc1cc(NC(=O)[C@H](CCCNC(N)=O)NC(=O)OCC2c3ccccc3-c3ccccc32)ccc1CO[Si](c1ccccc1)(c1ccccc1)C(C)(C)C. The molecule has 0 radical (unpaired) electrons. The minimum Gasteiger partial charge on any atom is -0.449 e. The zero-order chi connectivity index (χ0) is 45.0. The van der Waals surface area contributed by atoms with Crippen molar-refractivity contribution in [1.29, 1.82) is 0 Å². The first-order valence-corrected chi connectivity index (χ1v) is 23.0. The van der Waals surface area contributed by atoms with Gasteiger partial charge >= 0.3 is 18.2 Å². The van der Waals surface area contributed by atoms with Gasteiger partial charge in [-0.3, -0.25) is 4.79 Å². The van der Waals surface area contributed by atoms with Crippen LogP contribution >= 0.6 is 0 Å². The molecule has 1 atom stereocenters. The second kappa shape index (κ2) is 20.9. The zero-order valence-electron chi connectivity index (χ0n) is 36.4. The minimum absolute atomic E-state index is 0.0517. The van der Waals surface area contributed by atoms with Crippen LogP contribution in [0.2, 0.25) is 5.04 Å². The van der Waals surface area contributed by atoms with E-state index >= 15 is 0 Å². The Morgan fingerprint density at radius 3 is 1.97 bits per heavy atom. The summed E-state index contributed by atoms with van der Waals surface area (Å²) in [5.41, 5.74) is 11.6. The Morgan fingerprint density at radius 2 is 1.40 bits per heavy atom. The third kappa shape index (κ3) is 11.0. The molecule has 328 valence electrons. The summed E-state index contributed by atoms with van der Waals surface area (Å²) in [4.78, 5) is 53.4. The summed E-state index contributed by atoms with van der Waals surface area (Å²) >= 11 is 0. The van der Waals surface area contributed by atoms with Crippen LogP contribution in [0, 0.1) is 0 Å². The monoisotopic (exact) mass is 867 g/mol. The summed E-state index contributed by atoms with van der Waals surface area (Å²) in [6.07, 6.45) is 0.718. The molecule has 63 heavy (non-hydrogen) atoms. The first-order valence-electron chi connectivity index (χ1n) is 21.1. The van der Waals surface area contributed by atoms with E-state index in [4.69, 9.17) is 19.6 Å². The normalized spacial score (nSPS) is 12.6. The zero-order valence-corrected chi connectivity index (χ0v) is 37.4. The quantitative estimate of drug-likeness (QED) is 0.0397. The van der Waals surface area contributed by atoms with Gasteiger partial charge in [0.2, 0.25) is 5.91 Å². The lowest BCUT2D eigenvalue weighted by molar-refractivity contribution is -0.118. The van der Waals surface area contributed by atoms with Crippen molar-refractivity contribution >= 4 is 48.5 Å². The number of nitrogens with zero attached hydrogens (tertiary/aromatic N) is 1. The highest BCUT2D eigenvalue weighted by molar-refractivity contribution is 6.99. The number of amides is 5.